The van der Waals surface area contributed by atoms with Crippen LogP contribution in [-0.4, -0.2) is 17.0 Å². The summed E-state index contributed by atoms with van der Waals surface area (Å²) in [6.07, 6.45) is 0.558. The molecule has 0 spiro atoms. The standard InChI is InChI=1S/C11H14N2O3/c14-10(7-4-8-11(15)16)13-12-9-5-2-1-3-6-9/h1-3,5-6,12H,4,7-8H2,(H,13,14)(H,15,16). The molecule has 0 radical (unpaired) electrons. The zero-order chi connectivity index (χ0) is 11.8. The summed E-state index contributed by atoms with van der Waals surface area (Å²) in [5, 5.41) is 8.39. The summed E-state index contributed by atoms with van der Waals surface area (Å²) in [4.78, 5) is 21.4. The molecule has 0 aliphatic heterocycles. The van der Waals surface area contributed by atoms with Crippen molar-refractivity contribution in [2.75, 3.05) is 5.43 Å². The Morgan fingerprint density at radius 2 is 1.81 bits per heavy atom. The number of rotatable bonds is 6. The molecule has 0 unspecified atom stereocenters. The lowest BCUT2D eigenvalue weighted by Gasteiger charge is -2.07. The van der Waals surface area contributed by atoms with Crippen LogP contribution in [0.15, 0.2) is 30.3 Å². The maximum Gasteiger partial charge on any atom is 0.303 e. The highest BCUT2D eigenvalue weighted by Crippen LogP contribution is 2.03. The van der Waals surface area contributed by atoms with E-state index in [9.17, 15) is 9.59 Å². The summed E-state index contributed by atoms with van der Waals surface area (Å²) in [5.41, 5.74) is 6.01. The largest absolute Gasteiger partial charge is 0.481 e. The van der Waals surface area contributed by atoms with E-state index in [1.165, 1.54) is 0 Å². The third-order valence-corrected chi connectivity index (χ3v) is 1.91. The Labute approximate surface area is 93.4 Å². The number of para-hydroxylation sites is 1. The van der Waals surface area contributed by atoms with E-state index in [0.717, 1.165) is 5.69 Å². The van der Waals surface area contributed by atoms with Crippen LogP contribution < -0.4 is 10.9 Å². The first-order chi connectivity index (χ1) is 7.68. The van der Waals surface area contributed by atoms with Gasteiger partial charge in [0.05, 0.1) is 5.69 Å². The fourth-order valence-corrected chi connectivity index (χ4v) is 1.13. The van der Waals surface area contributed by atoms with E-state index >= 15 is 0 Å². The van der Waals surface area contributed by atoms with E-state index in [4.69, 9.17) is 5.11 Å². The molecular formula is C11H14N2O3. The normalized spacial score (nSPS) is 9.50. The second kappa shape index (κ2) is 6.44. The monoisotopic (exact) mass is 222 g/mol. The Morgan fingerprint density at radius 1 is 1.12 bits per heavy atom. The van der Waals surface area contributed by atoms with Crippen LogP contribution in [0.25, 0.3) is 0 Å². The number of anilines is 1. The molecule has 1 amide bonds. The number of aliphatic carboxylic acids is 1. The van der Waals surface area contributed by atoms with Crippen molar-refractivity contribution in [1.29, 1.82) is 0 Å². The molecule has 5 heteroatoms. The quantitative estimate of drug-likeness (QED) is 0.635. The number of benzene rings is 1. The molecule has 3 N–H and O–H groups in total. The Morgan fingerprint density at radius 3 is 2.44 bits per heavy atom. The minimum absolute atomic E-state index is 0.0127. The van der Waals surface area contributed by atoms with E-state index in [2.05, 4.69) is 10.9 Å². The van der Waals surface area contributed by atoms with Gasteiger partial charge in [0.1, 0.15) is 0 Å². The van der Waals surface area contributed by atoms with Crippen LogP contribution in [-0.2, 0) is 9.59 Å². The van der Waals surface area contributed by atoms with Gasteiger partial charge in [-0.25, -0.2) is 0 Å². The number of carbonyl (C=O) groups is 2. The van der Waals surface area contributed by atoms with Gasteiger partial charge in [-0.15, -0.1) is 0 Å². The molecule has 0 aromatic heterocycles. The van der Waals surface area contributed by atoms with E-state index in [1.807, 2.05) is 30.3 Å². The van der Waals surface area contributed by atoms with Gasteiger partial charge in [0, 0.05) is 12.8 Å². The molecule has 0 heterocycles. The number of carboxylic acid groups (broad SMARTS) is 1. The number of amides is 1. The molecule has 5 nitrogen and oxygen atoms in total. The van der Waals surface area contributed by atoms with E-state index in [0.29, 0.717) is 6.42 Å². The Kier molecular flexibility index (Phi) is 4.85. The van der Waals surface area contributed by atoms with Crippen molar-refractivity contribution in [3.63, 3.8) is 0 Å². The SMILES string of the molecule is O=C(O)CCCC(=O)NNc1ccccc1. The molecule has 0 atom stereocenters. The van der Waals surface area contributed by atoms with Gasteiger partial charge in [-0.3, -0.25) is 20.4 Å². The number of carboxylic acids is 1. The smallest absolute Gasteiger partial charge is 0.303 e. The van der Waals surface area contributed by atoms with Crippen molar-refractivity contribution in [1.82, 2.24) is 5.43 Å². The Balaban J connectivity index is 2.18. The molecule has 0 fully saturated rings. The van der Waals surface area contributed by atoms with Crippen molar-refractivity contribution >= 4 is 17.6 Å². The van der Waals surface area contributed by atoms with Crippen molar-refractivity contribution in [3.05, 3.63) is 30.3 Å². The highest BCUT2D eigenvalue weighted by atomic mass is 16.4. The third kappa shape index (κ3) is 4.99. The second-order valence-electron chi connectivity index (χ2n) is 3.29. The van der Waals surface area contributed by atoms with E-state index < -0.39 is 5.97 Å². The average molecular weight is 222 g/mol. The molecule has 0 aliphatic carbocycles. The molecule has 0 saturated carbocycles. The summed E-state index contributed by atoms with van der Waals surface area (Å²) in [5.74, 6) is -1.10. The molecule has 1 aromatic carbocycles. The van der Waals surface area contributed by atoms with E-state index in [-0.39, 0.29) is 18.7 Å². The van der Waals surface area contributed by atoms with Gasteiger partial charge in [-0.1, -0.05) is 18.2 Å². The number of hydrogen-bond acceptors (Lipinski definition) is 3. The van der Waals surface area contributed by atoms with Gasteiger partial charge in [-0.05, 0) is 18.6 Å². The molecule has 0 aliphatic rings. The fraction of sp³-hybridized carbons (Fsp3) is 0.273. The van der Waals surface area contributed by atoms with E-state index in [1.54, 1.807) is 0 Å². The van der Waals surface area contributed by atoms with Crippen LogP contribution >= 0.6 is 0 Å². The third-order valence-electron chi connectivity index (χ3n) is 1.91. The van der Waals surface area contributed by atoms with Gasteiger partial charge < -0.3 is 5.11 Å². The van der Waals surface area contributed by atoms with Crippen LogP contribution in [0, 0.1) is 0 Å². The number of carbonyl (C=O) groups excluding carboxylic acids is 1. The first-order valence-corrected chi connectivity index (χ1v) is 5.00. The maximum atomic E-state index is 11.2. The average Bonchev–Trinajstić information content (AvgIpc) is 2.27. The lowest BCUT2D eigenvalue weighted by Crippen LogP contribution is -2.29. The maximum absolute atomic E-state index is 11.2. The summed E-state index contributed by atoms with van der Waals surface area (Å²) in [7, 11) is 0. The van der Waals surface area contributed by atoms with Crippen LogP contribution in [0.5, 0.6) is 0 Å². The number of hydrazine groups is 1. The number of hydrogen-bond donors (Lipinski definition) is 3. The lowest BCUT2D eigenvalue weighted by molar-refractivity contribution is -0.137. The summed E-state index contributed by atoms with van der Waals surface area (Å²) >= 11 is 0. The summed E-state index contributed by atoms with van der Waals surface area (Å²) in [6.45, 7) is 0. The van der Waals surface area contributed by atoms with Gasteiger partial charge >= 0.3 is 5.97 Å². The topological polar surface area (TPSA) is 78.4 Å². The fourth-order valence-electron chi connectivity index (χ4n) is 1.13. The van der Waals surface area contributed by atoms with Crippen LogP contribution in [0.2, 0.25) is 0 Å². The molecule has 0 saturated heterocycles. The lowest BCUT2D eigenvalue weighted by atomic mass is 10.2. The zero-order valence-corrected chi connectivity index (χ0v) is 8.77. The second-order valence-corrected chi connectivity index (χ2v) is 3.29. The van der Waals surface area contributed by atoms with Crippen molar-refractivity contribution in [2.24, 2.45) is 0 Å². The van der Waals surface area contributed by atoms with Gasteiger partial charge in [-0.2, -0.15) is 0 Å². The molecule has 0 bridgehead atoms. The van der Waals surface area contributed by atoms with Crippen LogP contribution in [0.4, 0.5) is 5.69 Å². The highest BCUT2D eigenvalue weighted by molar-refractivity contribution is 5.78. The van der Waals surface area contributed by atoms with Gasteiger partial charge in [0.2, 0.25) is 5.91 Å². The zero-order valence-electron chi connectivity index (χ0n) is 8.77. The molecule has 86 valence electrons. The molecule has 1 aromatic rings. The van der Waals surface area contributed by atoms with Crippen LogP contribution in [0.3, 0.4) is 0 Å². The molecule has 16 heavy (non-hydrogen) atoms. The van der Waals surface area contributed by atoms with Crippen molar-refractivity contribution in [3.8, 4) is 0 Å². The summed E-state index contributed by atoms with van der Waals surface area (Å²) < 4.78 is 0. The first kappa shape index (κ1) is 12.0. The predicted molar refractivity (Wildman–Crippen MR) is 59.7 cm³/mol. The minimum Gasteiger partial charge on any atom is -0.481 e. The highest BCUT2D eigenvalue weighted by Gasteiger charge is 2.02. The Hall–Kier alpha value is -2.04. The van der Waals surface area contributed by atoms with Crippen molar-refractivity contribution in [2.45, 2.75) is 19.3 Å². The van der Waals surface area contributed by atoms with Crippen molar-refractivity contribution < 1.29 is 14.7 Å². The molecular weight excluding hydrogens is 208 g/mol. The Bertz CT molecular complexity index is 352. The number of nitrogens with one attached hydrogen (secondary N) is 2. The molecule has 1 rings (SSSR count). The van der Waals surface area contributed by atoms with Gasteiger partial charge in [0.25, 0.3) is 0 Å². The van der Waals surface area contributed by atoms with Gasteiger partial charge in [0.15, 0.2) is 0 Å². The summed E-state index contributed by atoms with van der Waals surface area (Å²) in [6, 6.07) is 9.20. The minimum atomic E-state index is -0.885. The first-order valence-electron chi connectivity index (χ1n) is 5.00. The predicted octanol–water partition coefficient (Wildman–Crippen LogP) is 1.38. The van der Waals surface area contributed by atoms with Crippen LogP contribution in [0.1, 0.15) is 19.3 Å².